The highest BCUT2D eigenvalue weighted by molar-refractivity contribution is 5.68. The molecule has 0 bridgehead atoms. The lowest BCUT2D eigenvalue weighted by Crippen LogP contribution is -2.54. The van der Waals surface area contributed by atoms with Gasteiger partial charge in [0.15, 0.2) is 0 Å². The largest absolute Gasteiger partial charge is 0.445 e. The number of likely N-dealkylation sites (tertiary alicyclic amines) is 1. The van der Waals surface area contributed by atoms with Gasteiger partial charge in [0.1, 0.15) is 18.0 Å². The molecule has 0 saturated carbocycles. The zero-order valence-corrected chi connectivity index (χ0v) is 15.2. The Morgan fingerprint density at radius 1 is 1.33 bits per heavy atom. The summed E-state index contributed by atoms with van der Waals surface area (Å²) in [5.74, 6) is -0.358. The SMILES string of the molecule is C[C@H]1CC(C#N)(Nc2cccc(F)c2)CCN1C(=O)OCc1ccccc1. The molecule has 0 radical (unpaired) electrons. The van der Waals surface area contributed by atoms with Gasteiger partial charge in [-0.25, -0.2) is 9.18 Å². The fourth-order valence-electron chi connectivity index (χ4n) is 3.41. The molecule has 140 valence electrons. The van der Waals surface area contributed by atoms with E-state index in [1.54, 1.807) is 17.0 Å². The van der Waals surface area contributed by atoms with Crippen molar-refractivity contribution >= 4 is 11.8 Å². The summed E-state index contributed by atoms with van der Waals surface area (Å²) < 4.78 is 18.8. The van der Waals surface area contributed by atoms with Crippen molar-refractivity contribution in [3.8, 4) is 6.07 Å². The molecule has 2 aromatic carbocycles. The van der Waals surface area contributed by atoms with Crippen LogP contribution in [0, 0.1) is 17.1 Å². The number of ether oxygens (including phenoxy) is 1. The molecule has 6 heteroatoms. The molecule has 5 nitrogen and oxygen atoms in total. The first-order valence-corrected chi connectivity index (χ1v) is 8.94. The maximum atomic E-state index is 13.4. The molecule has 1 heterocycles. The number of nitriles is 1. The van der Waals surface area contributed by atoms with Crippen LogP contribution in [0.1, 0.15) is 25.3 Å². The van der Waals surface area contributed by atoms with Gasteiger partial charge in [0.05, 0.1) is 6.07 Å². The van der Waals surface area contributed by atoms with Crippen molar-refractivity contribution in [2.45, 2.75) is 38.0 Å². The molecule has 0 aromatic heterocycles. The molecule has 3 rings (SSSR count). The van der Waals surface area contributed by atoms with Crippen LogP contribution >= 0.6 is 0 Å². The molecule has 2 aromatic rings. The van der Waals surface area contributed by atoms with E-state index in [2.05, 4.69) is 11.4 Å². The van der Waals surface area contributed by atoms with Gasteiger partial charge in [0, 0.05) is 31.1 Å². The number of rotatable bonds is 4. The Bertz CT molecular complexity index is 837. The summed E-state index contributed by atoms with van der Waals surface area (Å²) in [6, 6.07) is 17.7. The van der Waals surface area contributed by atoms with E-state index in [4.69, 9.17) is 4.74 Å². The van der Waals surface area contributed by atoms with E-state index < -0.39 is 5.54 Å². The first-order valence-electron chi connectivity index (χ1n) is 8.94. The zero-order valence-electron chi connectivity index (χ0n) is 15.2. The van der Waals surface area contributed by atoms with Crippen molar-refractivity contribution in [1.29, 1.82) is 5.26 Å². The minimum absolute atomic E-state index is 0.178. The quantitative estimate of drug-likeness (QED) is 0.874. The van der Waals surface area contributed by atoms with Gasteiger partial charge in [0.25, 0.3) is 0 Å². The summed E-state index contributed by atoms with van der Waals surface area (Å²) in [5.41, 5.74) is 0.641. The van der Waals surface area contributed by atoms with E-state index in [1.165, 1.54) is 12.1 Å². The Balaban J connectivity index is 1.61. The number of nitrogens with one attached hydrogen (secondary N) is 1. The van der Waals surface area contributed by atoms with Crippen LogP contribution in [0.25, 0.3) is 0 Å². The first kappa shape index (κ1) is 18.7. The van der Waals surface area contributed by atoms with Crippen LogP contribution in [0.2, 0.25) is 0 Å². The Labute approximate surface area is 158 Å². The summed E-state index contributed by atoms with van der Waals surface area (Å²) in [6.45, 7) is 2.50. The normalized spacial score (nSPS) is 22.0. The second-order valence-electron chi connectivity index (χ2n) is 6.87. The van der Waals surface area contributed by atoms with Crippen LogP contribution in [0.3, 0.4) is 0 Å². The predicted octanol–water partition coefficient (Wildman–Crippen LogP) is 4.32. The minimum atomic E-state index is -0.844. The molecule has 27 heavy (non-hydrogen) atoms. The molecule has 0 aliphatic carbocycles. The van der Waals surface area contributed by atoms with Gasteiger partial charge in [0.2, 0.25) is 0 Å². The highest BCUT2D eigenvalue weighted by Gasteiger charge is 2.40. The number of hydrogen-bond acceptors (Lipinski definition) is 4. The van der Waals surface area contributed by atoms with Crippen LogP contribution in [0.5, 0.6) is 0 Å². The third-order valence-electron chi connectivity index (χ3n) is 4.82. The first-order chi connectivity index (χ1) is 13.0. The fourth-order valence-corrected chi connectivity index (χ4v) is 3.41. The smallest absolute Gasteiger partial charge is 0.410 e. The Kier molecular flexibility index (Phi) is 5.60. The second-order valence-corrected chi connectivity index (χ2v) is 6.87. The van der Waals surface area contributed by atoms with Gasteiger partial charge in [-0.2, -0.15) is 5.26 Å². The van der Waals surface area contributed by atoms with Crippen LogP contribution < -0.4 is 5.32 Å². The number of benzene rings is 2. The molecular weight excluding hydrogens is 345 g/mol. The average Bonchev–Trinajstić information content (AvgIpc) is 2.67. The van der Waals surface area contributed by atoms with Crippen molar-refractivity contribution < 1.29 is 13.9 Å². The molecule has 2 atom stereocenters. The molecule has 1 saturated heterocycles. The number of amides is 1. The third-order valence-corrected chi connectivity index (χ3v) is 4.82. The maximum absolute atomic E-state index is 13.4. The van der Waals surface area contributed by atoms with Crippen molar-refractivity contribution in [2.24, 2.45) is 0 Å². The number of hydrogen-bond donors (Lipinski definition) is 1. The summed E-state index contributed by atoms with van der Waals surface area (Å²) in [7, 11) is 0. The predicted molar refractivity (Wildman–Crippen MR) is 100 cm³/mol. The van der Waals surface area contributed by atoms with Crippen LogP contribution in [0.4, 0.5) is 14.9 Å². The monoisotopic (exact) mass is 367 g/mol. The maximum Gasteiger partial charge on any atom is 0.410 e. The lowest BCUT2D eigenvalue weighted by Gasteiger charge is -2.42. The molecule has 1 fully saturated rings. The number of nitrogens with zero attached hydrogens (tertiary/aromatic N) is 2. The minimum Gasteiger partial charge on any atom is -0.445 e. The summed E-state index contributed by atoms with van der Waals surface area (Å²) in [4.78, 5) is 14.1. The molecule has 1 unspecified atom stereocenters. The summed E-state index contributed by atoms with van der Waals surface area (Å²) in [6.07, 6.45) is 0.481. The number of carbonyl (C=O) groups is 1. The van der Waals surface area contributed by atoms with E-state index in [1.807, 2.05) is 37.3 Å². The third kappa shape index (κ3) is 4.56. The average molecular weight is 367 g/mol. The molecule has 0 spiro atoms. The number of piperidine rings is 1. The standard InChI is InChI=1S/C21H22FN3O2/c1-16-13-21(15-23,24-19-9-5-8-18(22)12-19)10-11-25(16)20(26)27-14-17-6-3-2-4-7-17/h2-9,12,16,24H,10-11,13-14H2,1H3/t16-,21?/m0/s1. The summed E-state index contributed by atoms with van der Waals surface area (Å²) in [5, 5.41) is 12.9. The fraction of sp³-hybridized carbons (Fsp3) is 0.333. The number of carbonyl (C=O) groups excluding carboxylic acids is 1. The molecule has 1 aliphatic rings. The van der Waals surface area contributed by atoms with Gasteiger partial charge in [-0.05, 0) is 30.7 Å². The van der Waals surface area contributed by atoms with Crippen molar-refractivity contribution in [3.63, 3.8) is 0 Å². The number of anilines is 1. The van der Waals surface area contributed by atoms with E-state index >= 15 is 0 Å². The van der Waals surface area contributed by atoms with E-state index in [0.717, 1.165) is 5.56 Å². The Hall–Kier alpha value is -3.07. The van der Waals surface area contributed by atoms with Crippen LogP contribution in [0.15, 0.2) is 54.6 Å². The van der Waals surface area contributed by atoms with Crippen LogP contribution in [-0.4, -0.2) is 29.1 Å². The Morgan fingerprint density at radius 2 is 2.11 bits per heavy atom. The topological polar surface area (TPSA) is 65.4 Å². The zero-order chi connectivity index (χ0) is 19.3. The van der Waals surface area contributed by atoms with Crippen LogP contribution in [-0.2, 0) is 11.3 Å². The molecule has 1 N–H and O–H groups in total. The van der Waals surface area contributed by atoms with Gasteiger partial charge >= 0.3 is 6.09 Å². The van der Waals surface area contributed by atoms with Gasteiger partial charge < -0.3 is 15.0 Å². The second kappa shape index (κ2) is 8.09. The highest BCUT2D eigenvalue weighted by Crippen LogP contribution is 2.31. The van der Waals surface area contributed by atoms with Crippen molar-refractivity contribution in [2.75, 3.05) is 11.9 Å². The lowest BCUT2D eigenvalue weighted by atomic mass is 9.84. The summed E-state index contributed by atoms with van der Waals surface area (Å²) >= 11 is 0. The van der Waals surface area contributed by atoms with E-state index in [9.17, 15) is 14.4 Å². The Morgan fingerprint density at radius 3 is 2.78 bits per heavy atom. The highest BCUT2D eigenvalue weighted by atomic mass is 19.1. The molecular formula is C21H22FN3O2. The van der Waals surface area contributed by atoms with Gasteiger partial charge in [-0.1, -0.05) is 36.4 Å². The van der Waals surface area contributed by atoms with E-state index in [0.29, 0.717) is 25.1 Å². The van der Waals surface area contributed by atoms with Crippen molar-refractivity contribution in [3.05, 3.63) is 66.0 Å². The van der Waals surface area contributed by atoms with Gasteiger partial charge in [-0.3, -0.25) is 0 Å². The molecule has 1 amide bonds. The van der Waals surface area contributed by atoms with E-state index in [-0.39, 0.29) is 24.6 Å². The number of halogens is 1. The molecule has 1 aliphatic heterocycles. The lowest BCUT2D eigenvalue weighted by molar-refractivity contribution is 0.0651. The van der Waals surface area contributed by atoms with Gasteiger partial charge in [-0.15, -0.1) is 0 Å². The van der Waals surface area contributed by atoms with Crippen molar-refractivity contribution in [1.82, 2.24) is 4.90 Å².